The first-order valence-electron chi connectivity index (χ1n) is 8.51. The molecule has 0 fully saturated rings. The summed E-state index contributed by atoms with van der Waals surface area (Å²) in [6.45, 7) is 4.74. The molecule has 0 radical (unpaired) electrons. The van der Waals surface area contributed by atoms with E-state index in [0.29, 0.717) is 6.61 Å². The molecule has 0 aliphatic heterocycles. The van der Waals surface area contributed by atoms with Crippen LogP contribution in [0.4, 0.5) is 0 Å². The van der Waals surface area contributed by atoms with Crippen LogP contribution in [-0.2, 0) is 13.7 Å². The molecule has 1 aromatic heterocycles. The van der Waals surface area contributed by atoms with Gasteiger partial charge in [0.2, 0.25) is 0 Å². The van der Waals surface area contributed by atoms with Gasteiger partial charge < -0.3 is 14.0 Å². The molecular weight excluding hydrogens is 300 g/mol. The maximum Gasteiger partial charge on any atom is 0.147 e. The molecule has 126 valence electrons. The lowest BCUT2D eigenvalue weighted by atomic mass is 10.2. The largest absolute Gasteiger partial charge is 0.490 e. The summed E-state index contributed by atoms with van der Waals surface area (Å²) in [5.41, 5.74) is 2.02. The molecule has 4 heteroatoms. The molecule has 1 heterocycles. The normalized spacial score (nSPS) is 11.2. The zero-order valence-electron chi connectivity index (χ0n) is 14.5. The molecule has 0 aliphatic rings. The van der Waals surface area contributed by atoms with Gasteiger partial charge in [0.1, 0.15) is 23.9 Å². The lowest BCUT2D eigenvalue weighted by Crippen LogP contribution is -2.13. The Balaban J connectivity index is 1.79. The second-order valence-electron chi connectivity index (χ2n) is 5.90. The number of hydrogen-bond donors (Lipinski definition) is 0. The van der Waals surface area contributed by atoms with Crippen LogP contribution in [0.15, 0.2) is 48.5 Å². The van der Waals surface area contributed by atoms with Gasteiger partial charge in [-0.3, -0.25) is 0 Å². The van der Waals surface area contributed by atoms with Gasteiger partial charge in [0.15, 0.2) is 0 Å². The van der Waals surface area contributed by atoms with E-state index in [-0.39, 0.29) is 6.10 Å². The van der Waals surface area contributed by atoms with E-state index >= 15 is 0 Å². The molecule has 0 unspecified atom stereocenters. The molecule has 0 aliphatic carbocycles. The fourth-order valence-electron chi connectivity index (χ4n) is 2.73. The number of aryl methyl sites for hydroxylation is 1. The Labute approximate surface area is 143 Å². The summed E-state index contributed by atoms with van der Waals surface area (Å²) in [5, 5.41) is 0. The van der Waals surface area contributed by atoms with Gasteiger partial charge in [-0.1, -0.05) is 32.0 Å². The van der Waals surface area contributed by atoms with Crippen LogP contribution in [0.2, 0.25) is 0 Å². The van der Waals surface area contributed by atoms with Crippen molar-refractivity contribution in [3.63, 3.8) is 0 Å². The molecule has 0 N–H and O–H groups in total. The minimum absolute atomic E-state index is 0.261. The Kier molecular flexibility index (Phi) is 5.04. The van der Waals surface area contributed by atoms with Crippen molar-refractivity contribution in [2.45, 2.75) is 39.4 Å². The van der Waals surface area contributed by atoms with Gasteiger partial charge in [-0.05, 0) is 37.1 Å². The summed E-state index contributed by atoms with van der Waals surface area (Å²) in [6.07, 6.45) is 2.28. The Hall–Kier alpha value is -2.49. The smallest absolute Gasteiger partial charge is 0.147 e. The predicted octanol–water partition coefficient (Wildman–Crippen LogP) is 4.72. The van der Waals surface area contributed by atoms with Crippen LogP contribution < -0.4 is 9.47 Å². The SMILES string of the molecule is CCC(CC)Oc1ccc2nc(COc3ccccc3)n(C)c2c1. The fraction of sp³-hybridized carbons (Fsp3) is 0.350. The molecule has 0 atom stereocenters. The molecule has 2 aromatic carbocycles. The molecule has 0 saturated carbocycles. The maximum atomic E-state index is 6.04. The summed E-state index contributed by atoms with van der Waals surface area (Å²) in [5.74, 6) is 2.64. The monoisotopic (exact) mass is 324 g/mol. The average Bonchev–Trinajstić information content (AvgIpc) is 2.94. The number of benzene rings is 2. The van der Waals surface area contributed by atoms with E-state index in [1.165, 1.54) is 0 Å². The molecule has 0 bridgehead atoms. The van der Waals surface area contributed by atoms with Crippen molar-refractivity contribution in [3.8, 4) is 11.5 Å². The summed E-state index contributed by atoms with van der Waals surface area (Å²) < 4.78 is 13.9. The van der Waals surface area contributed by atoms with Gasteiger partial charge in [-0.25, -0.2) is 4.98 Å². The van der Waals surface area contributed by atoms with Crippen molar-refractivity contribution in [1.82, 2.24) is 9.55 Å². The highest BCUT2D eigenvalue weighted by atomic mass is 16.5. The van der Waals surface area contributed by atoms with E-state index in [0.717, 1.165) is 41.2 Å². The van der Waals surface area contributed by atoms with Crippen molar-refractivity contribution in [2.24, 2.45) is 7.05 Å². The van der Waals surface area contributed by atoms with Gasteiger partial charge in [0.25, 0.3) is 0 Å². The second kappa shape index (κ2) is 7.39. The van der Waals surface area contributed by atoms with E-state index in [2.05, 4.69) is 29.5 Å². The second-order valence-corrected chi connectivity index (χ2v) is 5.90. The molecule has 24 heavy (non-hydrogen) atoms. The number of rotatable bonds is 7. The van der Waals surface area contributed by atoms with Crippen LogP contribution >= 0.6 is 0 Å². The van der Waals surface area contributed by atoms with Gasteiger partial charge in [0.05, 0.1) is 17.1 Å². The summed E-state index contributed by atoms with van der Waals surface area (Å²) in [7, 11) is 2.01. The minimum Gasteiger partial charge on any atom is -0.490 e. The molecule has 0 saturated heterocycles. The van der Waals surface area contributed by atoms with Crippen LogP contribution in [0.25, 0.3) is 11.0 Å². The molecule has 3 aromatic rings. The highest BCUT2D eigenvalue weighted by molar-refractivity contribution is 5.77. The Morgan fingerprint density at radius 3 is 2.46 bits per heavy atom. The predicted molar refractivity (Wildman–Crippen MR) is 96.5 cm³/mol. The Morgan fingerprint density at radius 1 is 1.00 bits per heavy atom. The van der Waals surface area contributed by atoms with Crippen LogP contribution in [0.1, 0.15) is 32.5 Å². The Bertz CT molecular complexity index is 792. The quantitative estimate of drug-likeness (QED) is 0.631. The molecule has 4 nitrogen and oxygen atoms in total. The van der Waals surface area contributed by atoms with Crippen molar-refractivity contribution in [3.05, 3.63) is 54.4 Å². The zero-order chi connectivity index (χ0) is 16.9. The van der Waals surface area contributed by atoms with E-state index in [9.17, 15) is 0 Å². The van der Waals surface area contributed by atoms with E-state index in [1.54, 1.807) is 0 Å². The maximum absolute atomic E-state index is 6.04. The van der Waals surface area contributed by atoms with Crippen LogP contribution in [0.5, 0.6) is 11.5 Å². The number of nitrogens with zero attached hydrogens (tertiary/aromatic N) is 2. The van der Waals surface area contributed by atoms with E-state index in [1.807, 2.05) is 49.5 Å². The van der Waals surface area contributed by atoms with Crippen LogP contribution in [0.3, 0.4) is 0 Å². The first kappa shape index (κ1) is 16.4. The van der Waals surface area contributed by atoms with E-state index in [4.69, 9.17) is 9.47 Å². The van der Waals surface area contributed by atoms with Crippen LogP contribution in [-0.4, -0.2) is 15.7 Å². The first-order chi connectivity index (χ1) is 11.7. The summed E-state index contributed by atoms with van der Waals surface area (Å²) in [4.78, 5) is 4.67. The highest BCUT2D eigenvalue weighted by Crippen LogP contribution is 2.24. The highest BCUT2D eigenvalue weighted by Gasteiger charge is 2.11. The van der Waals surface area contributed by atoms with Crippen molar-refractivity contribution < 1.29 is 9.47 Å². The van der Waals surface area contributed by atoms with Gasteiger partial charge in [-0.15, -0.1) is 0 Å². The lowest BCUT2D eigenvalue weighted by molar-refractivity contribution is 0.193. The number of aromatic nitrogens is 2. The molecule has 3 rings (SSSR count). The van der Waals surface area contributed by atoms with E-state index < -0.39 is 0 Å². The lowest BCUT2D eigenvalue weighted by Gasteiger charge is -2.15. The average molecular weight is 324 g/mol. The number of hydrogen-bond acceptors (Lipinski definition) is 3. The minimum atomic E-state index is 0.261. The number of ether oxygens (including phenoxy) is 2. The summed E-state index contributed by atoms with van der Waals surface area (Å²) >= 11 is 0. The molecular formula is C20H24N2O2. The molecule has 0 amide bonds. The number of fused-ring (bicyclic) bond motifs is 1. The third kappa shape index (κ3) is 3.53. The number of imidazole rings is 1. The van der Waals surface area contributed by atoms with Gasteiger partial charge in [0, 0.05) is 13.1 Å². The first-order valence-corrected chi connectivity index (χ1v) is 8.51. The topological polar surface area (TPSA) is 36.3 Å². The van der Waals surface area contributed by atoms with Crippen molar-refractivity contribution >= 4 is 11.0 Å². The Morgan fingerprint density at radius 2 is 1.75 bits per heavy atom. The summed E-state index contributed by atoms with van der Waals surface area (Å²) in [6, 6.07) is 15.9. The van der Waals surface area contributed by atoms with Crippen molar-refractivity contribution in [1.29, 1.82) is 0 Å². The van der Waals surface area contributed by atoms with Gasteiger partial charge in [-0.2, -0.15) is 0 Å². The van der Waals surface area contributed by atoms with Gasteiger partial charge >= 0.3 is 0 Å². The van der Waals surface area contributed by atoms with Crippen molar-refractivity contribution in [2.75, 3.05) is 0 Å². The fourth-order valence-corrected chi connectivity index (χ4v) is 2.73. The zero-order valence-corrected chi connectivity index (χ0v) is 14.5. The molecule has 0 spiro atoms. The van der Waals surface area contributed by atoms with Crippen LogP contribution in [0, 0.1) is 0 Å². The third-order valence-electron chi connectivity index (χ3n) is 4.27. The third-order valence-corrected chi connectivity index (χ3v) is 4.27. The standard InChI is InChI=1S/C20H24N2O2/c1-4-15(5-2)24-17-11-12-18-19(13-17)22(3)20(21-18)14-23-16-9-7-6-8-10-16/h6-13,15H,4-5,14H2,1-3H3. The number of para-hydroxylation sites is 1.